The third kappa shape index (κ3) is 7.85. The monoisotopic (exact) mass is 653 g/mol. The fourth-order valence-corrected chi connectivity index (χ4v) is 6.13. The molecule has 2 heterocycles. The SMILES string of the molecule is C=C(/C=C\C=C/C)C(=C)N=Cc1ccc(C(C)(C2=CCC=C(c3nc(C4=CCCC=C4)nc(C4C=CC=CN4)n3)C=C2)c2ccccc2)cc1. The summed E-state index contributed by atoms with van der Waals surface area (Å²) in [4.78, 5) is 19.5. The lowest BCUT2D eigenvalue weighted by molar-refractivity contribution is 0.678. The number of aliphatic imine (C=N–C) groups is 1. The summed E-state index contributed by atoms with van der Waals surface area (Å²) >= 11 is 0. The van der Waals surface area contributed by atoms with Crippen molar-refractivity contribution < 1.29 is 0 Å². The fourth-order valence-electron chi connectivity index (χ4n) is 6.13. The Morgan fingerprint density at radius 1 is 0.840 bits per heavy atom. The maximum absolute atomic E-state index is 5.00. The van der Waals surface area contributed by atoms with E-state index in [0.29, 0.717) is 23.2 Å². The maximum Gasteiger partial charge on any atom is 0.163 e. The Balaban J connectivity index is 1.30. The van der Waals surface area contributed by atoms with Gasteiger partial charge in [-0.15, -0.1) is 0 Å². The highest BCUT2D eigenvalue weighted by Crippen LogP contribution is 2.41. The van der Waals surface area contributed by atoms with E-state index in [1.165, 1.54) is 16.7 Å². The Morgan fingerprint density at radius 2 is 1.60 bits per heavy atom. The van der Waals surface area contributed by atoms with Crippen LogP contribution in [-0.4, -0.2) is 21.2 Å². The number of rotatable bonds is 11. The van der Waals surface area contributed by atoms with Crippen LogP contribution in [-0.2, 0) is 5.41 Å². The van der Waals surface area contributed by atoms with Gasteiger partial charge in [-0.1, -0.05) is 147 Å². The maximum atomic E-state index is 5.00. The van der Waals surface area contributed by atoms with Crippen molar-refractivity contribution >= 4 is 17.4 Å². The summed E-state index contributed by atoms with van der Waals surface area (Å²) in [7, 11) is 0. The number of dihydropyridines is 1. The summed E-state index contributed by atoms with van der Waals surface area (Å²) in [6.07, 6.45) is 35.8. The zero-order valence-corrected chi connectivity index (χ0v) is 28.8. The summed E-state index contributed by atoms with van der Waals surface area (Å²) in [6, 6.07) is 19.2. The average molecular weight is 654 g/mol. The van der Waals surface area contributed by atoms with Crippen LogP contribution < -0.4 is 5.32 Å². The van der Waals surface area contributed by atoms with Crippen LogP contribution in [0.4, 0.5) is 0 Å². The van der Waals surface area contributed by atoms with E-state index in [-0.39, 0.29) is 6.04 Å². The van der Waals surface area contributed by atoms with E-state index in [9.17, 15) is 0 Å². The van der Waals surface area contributed by atoms with Gasteiger partial charge in [-0.05, 0) is 73.2 Å². The number of nitrogens with one attached hydrogen (secondary N) is 1. The summed E-state index contributed by atoms with van der Waals surface area (Å²) in [6.45, 7) is 12.4. The highest BCUT2D eigenvalue weighted by molar-refractivity contribution is 5.81. The van der Waals surface area contributed by atoms with Gasteiger partial charge in [0.1, 0.15) is 6.04 Å². The lowest BCUT2D eigenvalue weighted by Gasteiger charge is -2.33. The molecule has 2 atom stereocenters. The molecule has 0 spiro atoms. The molecule has 2 unspecified atom stereocenters. The van der Waals surface area contributed by atoms with Gasteiger partial charge >= 0.3 is 0 Å². The predicted octanol–water partition coefficient (Wildman–Crippen LogP) is 10.2. The molecule has 3 aliphatic rings. The van der Waals surface area contributed by atoms with Crippen LogP contribution in [0.5, 0.6) is 0 Å². The second-order valence-electron chi connectivity index (χ2n) is 12.5. The zero-order valence-electron chi connectivity index (χ0n) is 28.8. The Labute approximate surface area is 296 Å². The van der Waals surface area contributed by atoms with Crippen molar-refractivity contribution in [3.05, 3.63) is 210 Å². The van der Waals surface area contributed by atoms with E-state index in [1.54, 1.807) is 0 Å². The van der Waals surface area contributed by atoms with Gasteiger partial charge in [-0.25, -0.2) is 15.0 Å². The first-order valence-corrected chi connectivity index (χ1v) is 17.1. The van der Waals surface area contributed by atoms with Gasteiger partial charge < -0.3 is 5.32 Å². The van der Waals surface area contributed by atoms with Crippen LogP contribution in [0.25, 0.3) is 11.1 Å². The van der Waals surface area contributed by atoms with Gasteiger partial charge in [-0.2, -0.15) is 0 Å². The van der Waals surface area contributed by atoms with Crippen LogP contribution in [0, 0.1) is 0 Å². The van der Waals surface area contributed by atoms with Crippen LogP contribution in [0.3, 0.4) is 0 Å². The molecular weight excluding hydrogens is 611 g/mol. The molecule has 6 rings (SSSR count). The molecule has 1 aliphatic heterocycles. The number of aromatic nitrogens is 3. The highest BCUT2D eigenvalue weighted by Gasteiger charge is 2.32. The first-order chi connectivity index (χ1) is 24.5. The van der Waals surface area contributed by atoms with Gasteiger partial charge in [0.15, 0.2) is 17.5 Å². The second kappa shape index (κ2) is 16.0. The molecule has 2 aromatic carbocycles. The van der Waals surface area contributed by atoms with Crippen LogP contribution in [0.1, 0.15) is 73.3 Å². The van der Waals surface area contributed by atoms with E-state index in [1.807, 2.05) is 55.8 Å². The molecule has 2 aliphatic carbocycles. The normalized spacial score (nSPS) is 18.4. The van der Waals surface area contributed by atoms with Crippen molar-refractivity contribution in [2.45, 2.75) is 44.6 Å². The van der Waals surface area contributed by atoms with Crippen LogP contribution >= 0.6 is 0 Å². The molecule has 0 saturated carbocycles. The number of benzene rings is 2. The highest BCUT2D eigenvalue weighted by atomic mass is 15.1. The smallest absolute Gasteiger partial charge is 0.163 e. The number of hydrogen-bond acceptors (Lipinski definition) is 5. The largest absolute Gasteiger partial charge is 0.378 e. The second-order valence-corrected chi connectivity index (χ2v) is 12.5. The van der Waals surface area contributed by atoms with Crippen molar-refractivity contribution in [3.8, 4) is 0 Å². The van der Waals surface area contributed by atoms with Gasteiger partial charge in [-0.3, -0.25) is 4.99 Å². The molecule has 0 radical (unpaired) electrons. The van der Waals surface area contributed by atoms with Gasteiger partial charge in [0.25, 0.3) is 0 Å². The predicted molar refractivity (Wildman–Crippen MR) is 209 cm³/mol. The molecule has 248 valence electrons. The first-order valence-electron chi connectivity index (χ1n) is 17.1. The molecule has 5 heteroatoms. The van der Waals surface area contributed by atoms with E-state index >= 15 is 0 Å². The molecule has 0 fully saturated rings. The van der Waals surface area contributed by atoms with Gasteiger partial charge in [0.05, 0.1) is 5.70 Å². The van der Waals surface area contributed by atoms with E-state index < -0.39 is 5.41 Å². The standard InChI is InChI=1S/C45H43N5/c1-5-6-9-17-33(2)34(3)47-32-35-25-28-40(29-26-35)45(4,38-21-12-8-13-22-38)39-23-16-20-37(27-30-39)43-48-42(36-18-10-7-11-19-36)49-44(50-43)41-24-14-15-31-46-41/h5-6,8-10,12-15,17-32,41,46H,2-3,7,11,16H2,1,4H3/b6-5-,17-9-,47-32?. The van der Waals surface area contributed by atoms with Crippen molar-refractivity contribution in [3.63, 3.8) is 0 Å². The quantitative estimate of drug-likeness (QED) is 0.165. The summed E-state index contributed by atoms with van der Waals surface area (Å²) in [5, 5.41) is 3.38. The molecule has 1 N–H and O–H groups in total. The van der Waals surface area contributed by atoms with Crippen LogP contribution in [0.15, 0.2) is 181 Å². The molecular formula is C45H43N5. The van der Waals surface area contributed by atoms with Crippen molar-refractivity contribution in [1.82, 2.24) is 20.3 Å². The molecule has 3 aromatic rings. The minimum atomic E-state index is -0.414. The Kier molecular flexibility index (Phi) is 10.8. The summed E-state index contributed by atoms with van der Waals surface area (Å²) < 4.78 is 0. The molecule has 1 aromatic heterocycles. The third-order valence-corrected chi connectivity index (χ3v) is 9.10. The molecule has 50 heavy (non-hydrogen) atoms. The Hall–Kier alpha value is -5.94. The summed E-state index contributed by atoms with van der Waals surface area (Å²) in [5.74, 6) is 2.08. The van der Waals surface area contributed by atoms with E-state index in [0.717, 1.165) is 41.5 Å². The van der Waals surface area contributed by atoms with Crippen molar-refractivity contribution in [2.75, 3.05) is 0 Å². The van der Waals surface area contributed by atoms with Gasteiger partial charge in [0, 0.05) is 22.8 Å². The molecule has 0 amide bonds. The fraction of sp³-hybridized carbons (Fsp3) is 0.156. The topological polar surface area (TPSA) is 63.1 Å². The minimum Gasteiger partial charge on any atom is -0.378 e. The summed E-state index contributed by atoms with van der Waals surface area (Å²) in [5.41, 5.74) is 7.59. The molecule has 5 nitrogen and oxygen atoms in total. The lowest BCUT2D eigenvalue weighted by Crippen LogP contribution is -2.25. The van der Waals surface area contributed by atoms with E-state index in [4.69, 9.17) is 15.0 Å². The number of hydrogen-bond donors (Lipinski definition) is 1. The Bertz CT molecular complexity index is 2050. The minimum absolute atomic E-state index is 0.121. The number of allylic oxidation sites excluding steroid dienone is 16. The van der Waals surface area contributed by atoms with Crippen molar-refractivity contribution in [2.24, 2.45) is 4.99 Å². The van der Waals surface area contributed by atoms with Gasteiger partial charge in [0.2, 0.25) is 0 Å². The van der Waals surface area contributed by atoms with Crippen LogP contribution in [0.2, 0.25) is 0 Å². The molecule has 0 bridgehead atoms. The molecule has 0 saturated heterocycles. The third-order valence-electron chi connectivity index (χ3n) is 9.10. The van der Waals surface area contributed by atoms with Crippen molar-refractivity contribution in [1.29, 1.82) is 0 Å². The Morgan fingerprint density at radius 3 is 2.30 bits per heavy atom. The average Bonchev–Trinajstić information content (AvgIpc) is 3.45. The zero-order chi connectivity index (χ0) is 34.8. The number of nitrogens with zero attached hydrogens (tertiary/aromatic N) is 4. The lowest BCUT2D eigenvalue weighted by atomic mass is 9.70. The van der Waals surface area contributed by atoms with E-state index in [2.05, 4.69) is 134 Å². The first kappa shape index (κ1) is 33.9.